The maximum absolute atomic E-state index is 13.6. The van der Waals surface area contributed by atoms with Crippen molar-refractivity contribution in [3.63, 3.8) is 0 Å². The molecule has 2 amide bonds. The predicted octanol–water partition coefficient (Wildman–Crippen LogP) is 4.30. The van der Waals surface area contributed by atoms with Gasteiger partial charge in [-0.05, 0) is 42.0 Å². The summed E-state index contributed by atoms with van der Waals surface area (Å²) in [5, 5.41) is 10.7. The van der Waals surface area contributed by atoms with Crippen molar-refractivity contribution < 1.29 is 18.7 Å². The summed E-state index contributed by atoms with van der Waals surface area (Å²) in [5.74, 6) is -1.29. The molecule has 0 aliphatic carbocycles. The van der Waals surface area contributed by atoms with E-state index < -0.39 is 5.91 Å². The third-order valence-electron chi connectivity index (χ3n) is 5.67. The van der Waals surface area contributed by atoms with E-state index in [9.17, 15) is 14.0 Å². The van der Waals surface area contributed by atoms with Gasteiger partial charge in [-0.3, -0.25) is 14.3 Å². The molecule has 0 radical (unpaired) electrons. The summed E-state index contributed by atoms with van der Waals surface area (Å²) < 4.78 is 20.5. The first-order valence-corrected chi connectivity index (χ1v) is 12.5. The Morgan fingerprint density at radius 1 is 1.08 bits per heavy atom. The number of thiazole rings is 1. The van der Waals surface area contributed by atoms with Crippen LogP contribution in [0.25, 0.3) is 32.6 Å². The molecule has 2 heterocycles. The predicted molar refractivity (Wildman–Crippen MR) is 145 cm³/mol. The number of nitrogen functional groups attached to an aromatic ring is 1. The van der Waals surface area contributed by atoms with E-state index in [1.54, 1.807) is 34.3 Å². The molecule has 0 saturated carbocycles. The highest BCUT2D eigenvalue weighted by atomic mass is 32.1. The van der Waals surface area contributed by atoms with E-state index in [-0.39, 0.29) is 30.6 Å². The summed E-state index contributed by atoms with van der Waals surface area (Å²) in [6, 6.07) is 16.9. The molecule has 0 fully saturated rings. The van der Waals surface area contributed by atoms with Gasteiger partial charge in [0, 0.05) is 39.5 Å². The van der Waals surface area contributed by atoms with Crippen molar-refractivity contribution in [3.05, 3.63) is 83.8 Å². The van der Waals surface area contributed by atoms with E-state index in [0.717, 1.165) is 10.9 Å². The molecule has 0 spiro atoms. The maximum Gasteiger partial charge on any atom is 0.275 e. The molecule has 5 rings (SSSR count). The normalized spacial score (nSPS) is 11.1. The lowest BCUT2D eigenvalue weighted by Crippen LogP contribution is -2.19. The molecule has 2 aromatic heterocycles. The Hall–Kier alpha value is -4.61. The number of rotatable bonds is 9. The first-order chi connectivity index (χ1) is 18.4. The minimum Gasteiger partial charge on any atom is -0.399 e. The summed E-state index contributed by atoms with van der Waals surface area (Å²) >= 11 is 1.35. The molecule has 0 saturated heterocycles. The van der Waals surface area contributed by atoms with Gasteiger partial charge in [-0.25, -0.2) is 9.37 Å². The third-order valence-corrected chi connectivity index (χ3v) is 6.57. The van der Waals surface area contributed by atoms with E-state index in [1.807, 2.05) is 30.5 Å². The standard InChI is InChI=1S/C27H23FN6O3S/c28-19-6-4-16(5-7-19)21-12-22-18(13-34(33-22)8-9-37-14-25(30)35)11-23(21)31-26(36)24-15-38-27(32-24)17-2-1-3-20(29)10-17/h1-7,10-13,15H,8-9,14,29H2,(H2,30,35)(H,31,36). The van der Waals surface area contributed by atoms with Crippen LogP contribution in [0, 0.1) is 5.82 Å². The van der Waals surface area contributed by atoms with Gasteiger partial charge in [0.25, 0.3) is 5.91 Å². The highest BCUT2D eigenvalue weighted by Gasteiger charge is 2.17. The molecule has 11 heteroatoms. The molecular formula is C27H23FN6O3S. The van der Waals surface area contributed by atoms with Gasteiger partial charge in [0.05, 0.1) is 18.7 Å². The van der Waals surface area contributed by atoms with Gasteiger partial charge in [0.2, 0.25) is 5.91 Å². The Morgan fingerprint density at radius 3 is 2.66 bits per heavy atom. The van der Waals surface area contributed by atoms with Gasteiger partial charge in [0.15, 0.2) is 0 Å². The molecular weight excluding hydrogens is 507 g/mol. The fourth-order valence-electron chi connectivity index (χ4n) is 3.91. The number of nitrogens with zero attached hydrogens (tertiary/aromatic N) is 3. The quantitative estimate of drug-likeness (QED) is 0.192. The number of hydrogen-bond acceptors (Lipinski definition) is 7. The fourth-order valence-corrected chi connectivity index (χ4v) is 4.71. The second-order valence-electron chi connectivity index (χ2n) is 8.49. The zero-order valence-corrected chi connectivity index (χ0v) is 20.9. The Labute approximate surface area is 220 Å². The van der Waals surface area contributed by atoms with E-state index in [2.05, 4.69) is 15.4 Å². The van der Waals surface area contributed by atoms with E-state index in [4.69, 9.17) is 16.2 Å². The number of aromatic nitrogens is 3. The molecule has 9 nitrogen and oxygen atoms in total. The van der Waals surface area contributed by atoms with E-state index in [0.29, 0.717) is 39.6 Å². The zero-order valence-electron chi connectivity index (χ0n) is 20.1. The van der Waals surface area contributed by atoms with Crippen LogP contribution in [0.5, 0.6) is 0 Å². The van der Waals surface area contributed by atoms with Crippen molar-refractivity contribution >= 4 is 45.4 Å². The number of amides is 2. The molecule has 5 aromatic rings. The Kier molecular flexibility index (Phi) is 7.11. The van der Waals surface area contributed by atoms with Gasteiger partial charge < -0.3 is 21.5 Å². The smallest absolute Gasteiger partial charge is 0.275 e. The van der Waals surface area contributed by atoms with Crippen LogP contribution in [0.15, 0.2) is 72.2 Å². The van der Waals surface area contributed by atoms with Gasteiger partial charge >= 0.3 is 0 Å². The Balaban J connectivity index is 1.44. The second-order valence-corrected chi connectivity index (χ2v) is 9.35. The van der Waals surface area contributed by atoms with Crippen LogP contribution in [0.2, 0.25) is 0 Å². The monoisotopic (exact) mass is 530 g/mol. The number of carbonyl (C=O) groups excluding carboxylic acids is 2. The van der Waals surface area contributed by atoms with Crippen LogP contribution in [0.4, 0.5) is 15.8 Å². The van der Waals surface area contributed by atoms with Crippen molar-refractivity contribution in [3.8, 4) is 21.7 Å². The van der Waals surface area contributed by atoms with Crippen molar-refractivity contribution in [1.29, 1.82) is 0 Å². The van der Waals surface area contributed by atoms with Crippen LogP contribution >= 0.6 is 11.3 Å². The largest absolute Gasteiger partial charge is 0.399 e. The van der Waals surface area contributed by atoms with Crippen molar-refractivity contribution in [2.45, 2.75) is 6.54 Å². The van der Waals surface area contributed by atoms with Crippen LogP contribution in [0.1, 0.15) is 10.5 Å². The Morgan fingerprint density at radius 2 is 1.89 bits per heavy atom. The van der Waals surface area contributed by atoms with Crippen LogP contribution in [-0.4, -0.2) is 39.8 Å². The number of anilines is 2. The minimum atomic E-state index is -0.542. The number of fused-ring (bicyclic) bond motifs is 1. The average Bonchev–Trinajstić information content (AvgIpc) is 3.54. The van der Waals surface area contributed by atoms with E-state index in [1.165, 1.54) is 23.5 Å². The van der Waals surface area contributed by atoms with Crippen molar-refractivity contribution in [2.75, 3.05) is 24.3 Å². The summed E-state index contributed by atoms with van der Waals surface area (Å²) in [6.07, 6.45) is 1.81. The number of primary amides is 1. The number of halogens is 1. The number of nitrogens with one attached hydrogen (secondary N) is 1. The molecule has 0 unspecified atom stereocenters. The average molecular weight is 531 g/mol. The molecule has 5 N–H and O–H groups in total. The number of hydrogen-bond donors (Lipinski definition) is 3. The number of ether oxygens (including phenoxy) is 1. The van der Waals surface area contributed by atoms with Crippen LogP contribution < -0.4 is 16.8 Å². The minimum absolute atomic E-state index is 0.165. The number of carbonyl (C=O) groups is 2. The van der Waals surface area contributed by atoms with Crippen molar-refractivity contribution in [1.82, 2.24) is 14.8 Å². The fraction of sp³-hybridized carbons (Fsp3) is 0.111. The lowest BCUT2D eigenvalue weighted by atomic mass is 10.0. The van der Waals surface area contributed by atoms with Gasteiger partial charge in [-0.1, -0.05) is 24.3 Å². The second kappa shape index (κ2) is 10.8. The van der Waals surface area contributed by atoms with Gasteiger partial charge in [-0.15, -0.1) is 11.3 Å². The number of benzene rings is 3. The van der Waals surface area contributed by atoms with Gasteiger partial charge in [0.1, 0.15) is 23.1 Å². The molecule has 192 valence electrons. The summed E-state index contributed by atoms with van der Waals surface area (Å²) in [4.78, 5) is 28.6. The molecule has 3 aromatic carbocycles. The summed E-state index contributed by atoms with van der Waals surface area (Å²) in [6.45, 7) is 0.493. The molecule has 0 aliphatic rings. The molecule has 38 heavy (non-hydrogen) atoms. The van der Waals surface area contributed by atoms with Crippen LogP contribution in [-0.2, 0) is 16.1 Å². The number of nitrogens with two attached hydrogens (primary N) is 2. The lowest BCUT2D eigenvalue weighted by Gasteiger charge is -2.11. The van der Waals surface area contributed by atoms with E-state index >= 15 is 0 Å². The lowest BCUT2D eigenvalue weighted by molar-refractivity contribution is -0.122. The van der Waals surface area contributed by atoms with Crippen molar-refractivity contribution in [2.24, 2.45) is 5.73 Å². The van der Waals surface area contributed by atoms with Crippen LogP contribution in [0.3, 0.4) is 0 Å². The first kappa shape index (κ1) is 25.1. The zero-order chi connectivity index (χ0) is 26.6. The highest BCUT2D eigenvalue weighted by Crippen LogP contribution is 2.33. The molecule has 0 bridgehead atoms. The first-order valence-electron chi connectivity index (χ1n) is 11.6. The maximum atomic E-state index is 13.6. The third kappa shape index (κ3) is 5.69. The SMILES string of the molecule is NC(=O)COCCn1cc2cc(NC(=O)c3csc(-c4cccc(N)c4)n3)c(-c3ccc(F)cc3)cc2n1. The summed E-state index contributed by atoms with van der Waals surface area (Å²) in [7, 11) is 0. The Bertz CT molecular complexity index is 1630. The van der Waals surface area contributed by atoms with Gasteiger partial charge in [-0.2, -0.15) is 5.10 Å². The highest BCUT2D eigenvalue weighted by molar-refractivity contribution is 7.13. The molecule has 0 atom stereocenters. The summed E-state index contributed by atoms with van der Waals surface area (Å²) in [5.41, 5.74) is 15.3. The molecule has 0 aliphatic heterocycles. The topological polar surface area (TPSA) is 138 Å².